The molecule has 0 aliphatic carbocycles. The van der Waals surface area contributed by atoms with Gasteiger partial charge in [0.15, 0.2) is 0 Å². The van der Waals surface area contributed by atoms with Crippen LogP contribution in [0.2, 0.25) is 0 Å². The molecule has 0 saturated carbocycles. The summed E-state index contributed by atoms with van der Waals surface area (Å²) >= 11 is 0. The Kier molecular flexibility index (Phi) is 10.8. The lowest BCUT2D eigenvalue weighted by Crippen LogP contribution is -2.57. The zero-order chi connectivity index (χ0) is 24.3. The number of primary amides is 1. The Morgan fingerprint density at radius 1 is 0.969 bits per heavy atom. The maximum Gasteiger partial charge on any atom is 0.322 e. The predicted octanol–water partition coefficient (Wildman–Crippen LogP) is -1.35. The maximum atomic E-state index is 13.0. The van der Waals surface area contributed by atoms with E-state index in [-0.39, 0.29) is 25.2 Å². The van der Waals surface area contributed by atoms with E-state index in [1.807, 2.05) is 0 Å². The fourth-order valence-electron chi connectivity index (χ4n) is 2.83. The highest BCUT2D eigenvalue weighted by Crippen LogP contribution is 2.07. The number of hydrogen-bond donors (Lipinski definition) is 6. The third kappa shape index (κ3) is 9.56. The molecule has 3 atom stereocenters. The summed E-state index contributed by atoms with van der Waals surface area (Å²) in [5.74, 6) is -4.09. The summed E-state index contributed by atoms with van der Waals surface area (Å²) in [5, 5.41) is 16.1. The number of carboxylic acid groups (broad SMARTS) is 1. The molecule has 32 heavy (non-hydrogen) atoms. The first-order chi connectivity index (χ1) is 15.0. The van der Waals surface area contributed by atoms with Gasteiger partial charge < -0.3 is 32.5 Å². The SMILES string of the molecule is CC(C)C(NC(=O)C(Cc1ccccc1)NC(=O)C(N)CCC(N)=O)C(=O)NCC(=O)O. The molecule has 0 saturated heterocycles. The number of carboxylic acids is 1. The highest BCUT2D eigenvalue weighted by molar-refractivity contribution is 5.94. The van der Waals surface area contributed by atoms with Crippen LogP contribution in [0.5, 0.6) is 0 Å². The fourth-order valence-corrected chi connectivity index (χ4v) is 2.83. The lowest BCUT2D eigenvalue weighted by atomic mass is 10.0. The van der Waals surface area contributed by atoms with Crippen LogP contribution in [0.25, 0.3) is 0 Å². The first kappa shape index (κ1) is 26.6. The maximum absolute atomic E-state index is 13.0. The molecule has 0 spiro atoms. The van der Waals surface area contributed by atoms with Gasteiger partial charge in [-0.3, -0.25) is 24.0 Å². The molecular weight excluding hydrogens is 418 g/mol. The van der Waals surface area contributed by atoms with Crippen LogP contribution in [-0.4, -0.2) is 59.4 Å². The van der Waals surface area contributed by atoms with Gasteiger partial charge in [-0.1, -0.05) is 44.2 Å². The zero-order valence-corrected chi connectivity index (χ0v) is 18.2. The lowest BCUT2D eigenvalue weighted by molar-refractivity contribution is -0.139. The molecule has 4 amide bonds. The van der Waals surface area contributed by atoms with E-state index in [9.17, 15) is 24.0 Å². The van der Waals surface area contributed by atoms with Crippen molar-refractivity contribution in [3.05, 3.63) is 35.9 Å². The molecule has 176 valence electrons. The number of carbonyl (C=O) groups is 5. The Morgan fingerprint density at radius 2 is 1.59 bits per heavy atom. The van der Waals surface area contributed by atoms with Crippen molar-refractivity contribution in [2.24, 2.45) is 17.4 Å². The van der Waals surface area contributed by atoms with E-state index in [0.717, 1.165) is 5.56 Å². The second kappa shape index (κ2) is 13.1. The summed E-state index contributed by atoms with van der Waals surface area (Å²) in [6.07, 6.45) is 0.0683. The molecule has 11 nitrogen and oxygen atoms in total. The van der Waals surface area contributed by atoms with Gasteiger partial charge in [0.05, 0.1) is 6.04 Å². The van der Waals surface area contributed by atoms with Gasteiger partial charge in [-0.25, -0.2) is 0 Å². The highest BCUT2D eigenvalue weighted by atomic mass is 16.4. The standard InChI is InChI=1S/C21H31N5O6/c1-12(2)18(21(32)24-11-17(28)29)26-20(31)15(10-13-6-4-3-5-7-13)25-19(30)14(22)8-9-16(23)27/h3-7,12,14-15,18H,8-11,22H2,1-2H3,(H2,23,27)(H,24,32)(H,25,30)(H,26,31)(H,28,29). The van der Waals surface area contributed by atoms with Crippen molar-refractivity contribution in [3.63, 3.8) is 0 Å². The molecule has 1 rings (SSSR count). The highest BCUT2D eigenvalue weighted by Gasteiger charge is 2.30. The van der Waals surface area contributed by atoms with Gasteiger partial charge in [0.25, 0.3) is 0 Å². The van der Waals surface area contributed by atoms with Gasteiger partial charge in [-0.2, -0.15) is 0 Å². The van der Waals surface area contributed by atoms with Crippen molar-refractivity contribution < 1.29 is 29.1 Å². The number of nitrogens with one attached hydrogen (secondary N) is 3. The van der Waals surface area contributed by atoms with Crippen LogP contribution >= 0.6 is 0 Å². The molecule has 8 N–H and O–H groups in total. The number of aliphatic carboxylic acids is 1. The summed E-state index contributed by atoms with van der Waals surface area (Å²) in [5.41, 5.74) is 11.6. The number of hydrogen-bond acceptors (Lipinski definition) is 6. The molecule has 3 unspecified atom stereocenters. The van der Waals surface area contributed by atoms with Crippen molar-refractivity contribution >= 4 is 29.6 Å². The number of rotatable bonds is 13. The van der Waals surface area contributed by atoms with Gasteiger partial charge in [0.1, 0.15) is 18.6 Å². The van der Waals surface area contributed by atoms with Crippen LogP contribution in [0.15, 0.2) is 30.3 Å². The molecule has 0 fully saturated rings. The minimum absolute atomic E-state index is 0.0209. The van der Waals surface area contributed by atoms with Crippen LogP contribution in [-0.2, 0) is 30.4 Å². The first-order valence-electron chi connectivity index (χ1n) is 10.2. The van der Waals surface area contributed by atoms with Gasteiger partial charge >= 0.3 is 5.97 Å². The molecule has 0 bridgehead atoms. The summed E-state index contributed by atoms with van der Waals surface area (Å²) in [6, 6.07) is 5.80. The topological polar surface area (TPSA) is 194 Å². The van der Waals surface area contributed by atoms with Crippen molar-refractivity contribution in [3.8, 4) is 0 Å². The van der Waals surface area contributed by atoms with Gasteiger partial charge in [0, 0.05) is 12.8 Å². The second-order valence-corrected chi connectivity index (χ2v) is 7.70. The summed E-state index contributed by atoms with van der Waals surface area (Å²) in [7, 11) is 0. The van der Waals surface area contributed by atoms with E-state index < -0.39 is 54.3 Å². The predicted molar refractivity (Wildman–Crippen MR) is 116 cm³/mol. The van der Waals surface area contributed by atoms with E-state index in [4.69, 9.17) is 16.6 Å². The van der Waals surface area contributed by atoms with E-state index >= 15 is 0 Å². The fraction of sp³-hybridized carbons (Fsp3) is 0.476. The van der Waals surface area contributed by atoms with Crippen LogP contribution in [0, 0.1) is 5.92 Å². The molecule has 1 aromatic carbocycles. The van der Waals surface area contributed by atoms with Crippen LogP contribution in [0.1, 0.15) is 32.3 Å². The molecule has 0 aliphatic heterocycles. The zero-order valence-electron chi connectivity index (χ0n) is 18.2. The molecule has 0 heterocycles. The number of nitrogens with two attached hydrogens (primary N) is 2. The first-order valence-corrected chi connectivity index (χ1v) is 10.2. The minimum atomic E-state index is -1.22. The van der Waals surface area contributed by atoms with Crippen LogP contribution in [0.4, 0.5) is 0 Å². The van der Waals surface area contributed by atoms with Crippen molar-refractivity contribution in [2.75, 3.05) is 6.54 Å². The summed E-state index contributed by atoms with van der Waals surface area (Å²) in [6.45, 7) is 2.79. The third-order valence-electron chi connectivity index (χ3n) is 4.61. The Labute approximate surface area is 186 Å². The van der Waals surface area contributed by atoms with Crippen LogP contribution < -0.4 is 27.4 Å². The van der Waals surface area contributed by atoms with E-state index in [1.165, 1.54) is 0 Å². The Morgan fingerprint density at radius 3 is 2.12 bits per heavy atom. The molecule has 0 radical (unpaired) electrons. The summed E-state index contributed by atoms with van der Waals surface area (Å²) in [4.78, 5) is 59.5. The Balaban J connectivity index is 2.97. The molecule has 1 aromatic rings. The third-order valence-corrected chi connectivity index (χ3v) is 4.61. The van der Waals surface area contributed by atoms with Crippen molar-refractivity contribution in [2.45, 2.75) is 51.2 Å². The Hall–Kier alpha value is -3.47. The van der Waals surface area contributed by atoms with E-state index in [2.05, 4.69) is 16.0 Å². The largest absolute Gasteiger partial charge is 0.480 e. The van der Waals surface area contributed by atoms with Crippen LogP contribution in [0.3, 0.4) is 0 Å². The minimum Gasteiger partial charge on any atom is -0.480 e. The van der Waals surface area contributed by atoms with Gasteiger partial charge in [0.2, 0.25) is 23.6 Å². The van der Waals surface area contributed by atoms with Crippen molar-refractivity contribution in [1.29, 1.82) is 0 Å². The van der Waals surface area contributed by atoms with Crippen molar-refractivity contribution in [1.82, 2.24) is 16.0 Å². The molecule has 11 heteroatoms. The average molecular weight is 450 g/mol. The van der Waals surface area contributed by atoms with E-state index in [1.54, 1.807) is 44.2 Å². The number of amides is 4. The molecule has 0 aliphatic rings. The monoisotopic (exact) mass is 449 g/mol. The number of benzene rings is 1. The second-order valence-electron chi connectivity index (χ2n) is 7.70. The van der Waals surface area contributed by atoms with E-state index in [0.29, 0.717) is 0 Å². The molecular formula is C21H31N5O6. The lowest BCUT2D eigenvalue weighted by Gasteiger charge is -2.26. The Bertz CT molecular complexity index is 814. The van der Waals surface area contributed by atoms with Gasteiger partial charge in [-0.15, -0.1) is 0 Å². The van der Waals surface area contributed by atoms with Gasteiger partial charge in [-0.05, 0) is 17.9 Å². The molecule has 0 aromatic heterocycles. The smallest absolute Gasteiger partial charge is 0.322 e. The average Bonchev–Trinajstić information content (AvgIpc) is 2.73. The number of carbonyl (C=O) groups excluding carboxylic acids is 4. The quantitative estimate of drug-likeness (QED) is 0.214. The normalized spacial score (nSPS) is 13.5. The summed E-state index contributed by atoms with van der Waals surface area (Å²) < 4.78 is 0.